The Bertz CT molecular complexity index is 206. The van der Waals surface area contributed by atoms with Gasteiger partial charge in [-0.1, -0.05) is 6.08 Å². The molecule has 0 amide bonds. The molecule has 0 saturated carbocycles. The van der Waals surface area contributed by atoms with Crippen LogP contribution in [0.5, 0.6) is 0 Å². The summed E-state index contributed by atoms with van der Waals surface area (Å²) >= 11 is 0. The van der Waals surface area contributed by atoms with Crippen LogP contribution in [-0.2, 0) is 9.53 Å². The maximum absolute atomic E-state index is 11.3. The van der Waals surface area contributed by atoms with E-state index in [0.29, 0.717) is 12.4 Å². The first kappa shape index (κ1) is 7.04. The van der Waals surface area contributed by atoms with Crippen molar-refractivity contribution in [2.24, 2.45) is 5.92 Å². The number of allylic oxidation sites excluding steroid dienone is 1. The first-order valence-corrected chi connectivity index (χ1v) is 4.17. The fraction of sp³-hybridized carbons (Fsp3) is 0.667. The lowest BCUT2D eigenvalue weighted by Gasteiger charge is -2.27. The van der Waals surface area contributed by atoms with Crippen LogP contribution >= 0.6 is 0 Å². The second kappa shape index (κ2) is 2.78. The van der Waals surface area contributed by atoms with E-state index in [9.17, 15) is 4.79 Å². The first-order chi connectivity index (χ1) is 5.38. The monoisotopic (exact) mass is 152 g/mol. The molecular formula is C9H12O2. The van der Waals surface area contributed by atoms with Crippen molar-refractivity contribution < 1.29 is 9.53 Å². The van der Waals surface area contributed by atoms with Crippen molar-refractivity contribution in [1.29, 1.82) is 0 Å². The average Bonchev–Trinajstić information content (AvgIpc) is 2.06. The van der Waals surface area contributed by atoms with E-state index < -0.39 is 0 Å². The van der Waals surface area contributed by atoms with Crippen LogP contribution in [0.15, 0.2) is 11.6 Å². The maximum Gasteiger partial charge on any atom is 0.140 e. The Hall–Kier alpha value is -0.630. The topological polar surface area (TPSA) is 26.3 Å². The minimum Gasteiger partial charge on any atom is -0.377 e. The largest absolute Gasteiger partial charge is 0.377 e. The summed E-state index contributed by atoms with van der Waals surface area (Å²) in [6.45, 7) is 1.45. The molecule has 1 fully saturated rings. The number of ketones is 1. The smallest absolute Gasteiger partial charge is 0.140 e. The van der Waals surface area contributed by atoms with E-state index in [1.54, 1.807) is 0 Å². The van der Waals surface area contributed by atoms with Gasteiger partial charge in [0.05, 0.1) is 6.61 Å². The van der Waals surface area contributed by atoms with Gasteiger partial charge in [-0.05, 0) is 18.4 Å². The fourth-order valence-corrected chi connectivity index (χ4v) is 1.82. The van der Waals surface area contributed by atoms with E-state index in [2.05, 4.69) is 6.08 Å². The number of hydrogen-bond donors (Lipinski definition) is 0. The van der Waals surface area contributed by atoms with Crippen molar-refractivity contribution in [3.8, 4) is 0 Å². The van der Waals surface area contributed by atoms with E-state index in [0.717, 1.165) is 25.9 Å². The van der Waals surface area contributed by atoms with Crippen LogP contribution < -0.4 is 0 Å². The Morgan fingerprint density at radius 1 is 1.55 bits per heavy atom. The second-order valence-electron chi connectivity index (χ2n) is 3.18. The predicted molar refractivity (Wildman–Crippen MR) is 41.3 cm³/mol. The van der Waals surface area contributed by atoms with Gasteiger partial charge in [0.1, 0.15) is 5.78 Å². The van der Waals surface area contributed by atoms with Crippen molar-refractivity contribution in [3.05, 3.63) is 11.6 Å². The zero-order valence-electron chi connectivity index (χ0n) is 6.51. The van der Waals surface area contributed by atoms with Crippen LogP contribution in [0.4, 0.5) is 0 Å². The van der Waals surface area contributed by atoms with E-state index >= 15 is 0 Å². The Morgan fingerprint density at radius 3 is 3.27 bits per heavy atom. The number of Topliss-reactive ketones (excluding diaryl/α,β-unsaturated/α-hetero) is 1. The van der Waals surface area contributed by atoms with Crippen molar-refractivity contribution in [3.63, 3.8) is 0 Å². The number of carbonyl (C=O) groups is 1. The molecule has 2 nitrogen and oxygen atoms in total. The minimum absolute atomic E-state index is 0.220. The van der Waals surface area contributed by atoms with Crippen LogP contribution in [0.3, 0.4) is 0 Å². The van der Waals surface area contributed by atoms with E-state index in [1.807, 2.05) is 0 Å². The summed E-state index contributed by atoms with van der Waals surface area (Å²) in [5, 5.41) is 0. The highest BCUT2D eigenvalue weighted by molar-refractivity contribution is 5.85. The molecule has 2 heteroatoms. The van der Waals surface area contributed by atoms with Crippen molar-refractivity contribution >= 4 is 5.78 Å². The third kappa shape index (κ3) is 1.23. The van der Waals surface area contributed by atoms with Crippen LogP contribution in [0, 0.1) is 5.92 Å². The van der Waals surface area contributed by atoms with E-state index in [4.69, 9.17) is 4.74 Å². The van der Waals surface area contributed by atoms with Crippen molar-refractivity contribution in [1.82, 2.24) is 0 Å². The number of rotatable bonds is 0. The highest BCUT2D eigenvalue weighted by atomic mass is 16.5. The Kier molecular flexibility index (Phi) is 1.78. The van der Waals surface area contributed by atoms with Gasteiger partial charge >= 0.3 is 0 Å². The molecule has 0 spiro atoms. The normalized spacial score (nSPS) is 31.1. The first-order valence-electron chi connectivity index (χ1n) is 4.17. The Labute approximate surface area is 66.2 Å². The number of hydrogen-bond acceptors (Lipinski definition) is 2. The molecule has 1 atom stereocenters. The lowest BCUT2D eigenvalue weighted by molar-refractivity contribution is -0.123. The van der Waals surface area contributed by atoms with Crippen LogP contribution in [0.2, 0.25) is 0 Å². The lowest BCUT2D eigenvalue weighted by atomic mass is 9.83. The van der Waals surface area contributed by atoms with Crippen LogP contribution in [0.25, 0.3) is 0 Å². The summed E-state index contributed by atoms with van der Waals surface area (Å²) in [7, 11) is 0. The van der Waals surface area contributed by atoms with Gasteiger partial charge in [-0.25, -0.2) is 0 Å². The molecule has 0 radical (unpaired) electrons. The van der Waals surface area contributed by atoms with E-state index in [-0.39, 0.29) is 5.92 Å². The van der Waals surface area contributed by atoms with Crippen LogP contribution in [-0.4, -0.2) is 19.0 Å². The molecule has 1 aliphatic heterocycles. The van der Waals surface area contributed by atoms with Gasteiger partial charge in [0, 0.05) is 18.9 Å². The molecule has 1 heterocycles. The molecule has 11 heavy (non-hydrogen) atoms. The minimum atomic E-state index is 0.220. The summed E-state index contributed by atoms with van der Waals surface area (Å²) in [4.78, 5) is 11.3. The van der Waals surface area contributed by atoms with Gasteiger partial charge in [-0.3, -0.25) is 4.79 Å². The third-order valence-corrected chi connectivity index (χ3v) is 2.45. The lowest BCUT2D eigenvalue weighted by Crippen LogP contribution is -2.28. The van der Waals surface area contributed by atoms with Crippen LogP contribution in [0.1, 0.15) is 19.3 Å². The number of fused-ring (bicyclic) bond motifs is 1. The molecule has 0 aromatic heterocycles. The maximum atomic E-state index is 11.3. The third-order valence-electron chi connectivity index (χ3n) is 2.45. The summed E-state index contributed by atoms with van der Waals surface area (Å²) in [6, 6.07) is 0. The highest BCUT2D eigenvalue weighted by Gasteiger charge is 2.27. The average molecular weight is 152 g/mol. The summed E-state index contributed by atoms with van der Waals surface area (Å²) in [6.07, 6.45) is 4.75. The number of carbonyl (C=O) groups excluding carboxylic acids is 1. The van der Waals surface area contributed by atoms with Crippen molar-refractivity contribution in [2.45, 2.75) is 19.3 Å². The zero-order valence-corrected chi connectivity index (χ0v) is 6.51. The fourth-order valence-electron chi connectivity index (χ4n) is 1.82. The molecule has 2 rings (SSSR count). The molecule has 0 bridgehead atoms. The second-order valence-corrected chi connectivity index (χ2v) is 3.18. The standard InChI is InChI=1S/C9H12O2/c10-9-3-1-2-7-6-11-5-4-8(7)9/h2,8H,1,3-6H2. The molecule has 1 unspecified atom stereocenters. The molecule has 1 aliphatic carbocycles. The Balaban J connectivity index is 2.19. The molecule has 0 aromatic rings. The summed E-state index contributed by atoms with van der Waals surface area (Å²) < 4.78 is 5.27. The van der Waals surface area contributed by atoms with Gasteiger partial charge in [0.15, 0.2) is 0 Å². The van der Waals surface area contributed by atoms with E-state index in [1.165, 1.54) is 5.57 Å². The van der Waals surface area contributed by atoms with Gasteiger partial charge in [0.25, 0.3) is 0 Å². The summed E-state index contributed by atoms with van der Waals surface area (Å²) in [5.41, 5.74) is 1.23. The van der Waals surface area contributed by atoms with Gasteiger partial charge in [-0.2, -0.15) is 0 Å². The molecule has 0 aromatic carbocycles. The highest BCUT2D eigenvalue weighted by Crippen LogP contribution is 2.27. The molecule has 60 valence electrons. The molecule has 2 aliphatic rings. The quantitative estimate of drug-likeness (QED) is 0.489. The number of ether oxygens (including phenoxy) is 1. The van der Waals surface area contributed by atoms with Gasteiger partial charge in [0.2, 0.25) is 0 Å². The van der Waals surface area contributed by atoms with Crippen molar-refractivity contribution in [2.75, 3.05) is 13.2 Å². The predicted octanol–water partition coefficient (Wildman–Crippen LogP) is 1.31. The molecular weight excluding hydrogens is 140 g/mol. The zero-order chi connectivity index (χ0) is 7.68. The summed E-state index contributed by atoms with van der Waals surface area (Å²) in [5.74, 6) is 0.642. The Morgan fingerprint density at radius 2 is 2.45 bits per heavy atom. The SMILES string of the molecule is O=C1CCC=C2COCCC12. The van der Waals surface area contributed by atoms with Gasteiger partial charge < -0.3 is 4.74 Å². The van der Waals surface area contributed by atoms with Gasteiger partial charge in [-0.15, -0.1) is 0 Å². The molecule has 0 N–H and O–H groups in total. The molecule has 1 saturated heterocycles.